The summed E-state index contributed by atoms with van der Waals surface area (Å²) in [6.07, 6.45) is 2.11. The lowest BCUT2D eigenvalue weighted by molar-refractivity contribution is 0.112. The Morgan fingerprint density at radius 3 is 2.62 bits per heavy atom. The molecular formula is C25H37N5OS. The van der Waals surface area contributed by atoms with E-state index in [4.69, 9.17) is 4.98 Å². The summed E-state index contributed by atoms with van der Waals surface area (Å²) in [5, 5.41) is 8.81. The topological polar surface area (TPSA) is 60.5 Å². The monoisotopic (exact) mass is 455 g/mol. The maximum Gasteiger partial charge on any atom is 0.162 e. The van der Waals surface area contributed by atoms with Gasteiger partial charge in [-0.15, -0.1) is 11.3 Å². The van der Waals surface area contributed by atoms with Crippen LogP contribution in [0.5, 0.6) is 0 Å². The Balaban J connectivity index is 0.00000141. The molecule has 0 aliphatic carbocycles. The van der Waals surface area contributed by atoms with E-state index in [9.17, 15) is 4.79 Å². The fraction of sp³-hybridized carbons (Fsp3) is 0.520. The number of rotatable bonds is 7. The van der Waals surface area contributed by atoms with Gasteiger partial charge in [0.1, 0.15) is 5.82 Å². The van der Waals surface area contributed by atoms with Gasteiger partial charge in [-0.25, -0.2) is 4.98 Å². The summed E-state index contributed by atoms with van der Waals surface area (Å²) < 4.78 is 1.12. The second-order valence-electron chi connectivity index (χ2n) is 8.13. The second-order valence-corrected chi connectivity index (χ2v) is 9.22. The molecule has 3 aromatic rings. The number of hydrogen-bond acceptors (Lipinski definition) is 7. The van der Waals surface area contributed by atoms with E-state index in [1.165, 1.54) is 0 Å². The van der Waals surface area contributed by atoms with E-state index >= 15 is 0 Å². The standard InChI is InChI=1S/C23H31N5OS.C2H6/c1-16(2)27-11-4-12-28(14-13-27)21-8-5-17-18(26-21)6-7-19-22(17)23(20(15-29)30-19)25-10-9-24-3;1-2/h5-8,15-16,24-25H,4,9-14H2,1-3H3;1-2H3. The second kappa shape index (κ2) is 11.6. The van der Waals surface area contributed by atoms with Crippen molar-refractivity contribution >= 4 is 50.1 Å². The van der Waals surface area contributed by atoms with Crippen LogP contribution in [0.2, 0.25) is 0 Å². The first-order valence-electron chi connectivity index (χ1n) is 11.8. The van der Waals surface area contributed by atoms with Gasteiger partial charge in [-0.2, -0.15) is 0 Å². The molecule has 0 radical (unpaired) electrons. The minimum Gasteiger partial charge on any atom is -0.382 e. The number of nitrogens with one attached hydrogen (secondary N) is 2. The minimum atomic E-state index is 0.585. The number of carbonyl (C=O) groups excluding carboxylic acids is 1. The molecule has 3 heterocycles. The summed E-state index contributed by atoms with van der Waals surface area (Å²) >= 11 is 1.54. The first-order valence-corrected chi connectivity index (χ1v) is 12.6. The predicted octanol–water partition coefficient (Wildman–Crippen LogP) is 4.84. The zero-order valence-corrected chi connectivity index (χ0v) is 20.9. The van der Waals surface area contributed by atoms with Gasteiger partial charge in [0.15, 0.2) is 6.29 Å². The van der Waals surface area contributed by atoms with Crippen LogP contribution in [0.1, 0.15) is 43.8 Å². The Bertz CT molecular complexity index is 1030. The Morgan fingerprint density at radius 1 is 1.09 bits per heavy atom. The van der Waals surface area contributed by atoms with Crippen molar-refractivity contribution in [1.29, 1.82) is 0 Å². The summed E-state index contributed by atoms with van der Waals surface area (Å²) in [6, 6.07) is 9.08. The molecule has 0 saturated carbocycles. The third kappa shape index (κ3) is 5.22. The van der Waals surface area contributed by atoms with Crippen LogP contribution in [0.3, 0.4) is 0 Å². The Kier molecular flexibility index (Phi) is 8.84. The van der Waals surface area contributed by atoms with Crippen LogP contribution in [0.15, 0.2) is 24.3 Å². The van der Waals surface area contributed by atoms with E-state index in [1.807, 2.05) is 20.9 Å². The average Bonchev–Trinajstić information content (AvgIpc) is 3.00. The van der Waals surface area contributed by atoms with Gasteiger partial charge in [-0.05, 0) is 51.6 Å². The molecule has 1 aliphatic rings. The van der Waals surface area contributed by atoms with Crippen LogP contribution in [0.4, 0.5) is 11.5 Å². The molecule has 0 amide bonds. The highest BCUT2D eigenvalue weighted by molar-refractivity contribution is 7.21. The first kappa shape index (κ1) is 24.4. The summed E-state index contributed by atoms with van der Waals surface area (Å²) in [5.41, 5.74) is 1.92. The van der Waals surface area contributed by atoms with Crippen LogP contribution in [-0.2, 0) is 0 Å². The highest BCUT2D eigenvalue weighted by atomic mass is 32.1. The number of aromatic nitrogens is 1. The Hall–Kier alpha value is -2.22. The number of likely N-dealkylation sites (N-methyl/N-ethyl adjacent to an activating group) is 1. The number of fused-ring (bicyclic) bond motifs is 3. The summed E-state index contributed by atoms with van der Waals surface area (Å²) in [5.74, 6) is 1.04. The molecular weight excluding hydrogens is 418 g/mol. The molecule has 0 atom stereocenters. The van der Waals surface area contributed by atoms with Gasteiger partial charge in [-0.1, -0.05) is 13.8 Å². The number of anilines is 2. The lowest BCUT2D eigenvalue weighted by Crippen LogP contribution is -2.35. The normalized spacial score (nSPS) is 15.0. The predicted molar refractivity (Wildman–Crippen MR) is 140 cm³/mol. The first-order chi connectivity index (χ1) is 15.6. The van der Waals surface area contributed by atoms with Crippen molar-refractivity contribution in [2.75, 3.05) is 56.5 Å². The van der Waals surface area contributed by atoms with Crippen LogP contribution in [-0.4, -0.2) is 68.5 Å². The van der Waals surface area contributed by atoms with Crippen molar-refractivity contribution < 1.29 is 4.79 Å². The van der Waals surface area contributed by atoms with Gasteiger partial charge in [0, 0.05) is 60.8 Å². The van der Waals surface area contributed by atoms with Gasteiger partial charge in [0.2, 0.25) is 0 Å². The summed E-state index contributed by atoms with van der Waals surface area (Å²) in [6.45, 7) is 14.4. The molecule has 4 rings (SSSR count). The molecule has 0 unspecified atom stereocenters. The van der Waals surface area contributed by atoms with Crippen LogP contribution in [0, 0.1) is 0 Å². The number of pyridine rings is 1. The van der Waals surface area contributed by atoms with E-state index in [1.54, 1.807) is 11.3 Å². The summed E-state index contributed by atoms with van der Waals surface area (Å²) in [4.78, 5) is 22.4. The zero-order chi connectivity index (χ0) is 23.1. The third-order valence-electron chi connectivity index (χ3n) is 5.90. The van der Waals surface area contributed by atoms with E-state index in [2.05, 4.69) is 58.5 Å². The van der Waals surface area contributed by atoms with Crippen molar-refractivity contribution in [2.45, 2.75) is 40.2 Å². The van der Waals surface area contributed by atoms with Crippen LogP contribution < -0.4 is 15.5 Å². The van der Waals surface area contributed by atoms with Crippen LogP contribution in [0.25, 0.3) is 21.0 Å². The number of thiophene rings is 1. The van der Waals surface area contributed by atoms with Crippen LogP contribution >= 0.6 is 11.3 Å². The van der Waals surface area contributed by atoms with Gasteiger partial charge in [0.25, 0.3) is 0 Å². The molecule has 2 aromatic heterocycles. The van der Waals surface area contributed by atoms with E-state index < -0.39 is 0 Å². The quantitative estimate of drug-likeness (QED) is 0.393. The molecule has 1 aromatic carbocycles. The lowest BCUT2D eigenvalue weighted by Gasteiger charge is -2.25. The van der Waals surface area contributed by atoms with E-state index in [0.29, 0.717) is 6.04 Å². The number of nitrogens with zero attached hydrogens (tertiary/aromatic N) is 3. The number of hydrogen-bond donors (Lipinski definition) is 2. The van der Waals surface area contributed by atoms with Gasteiger partial charge >= 0.3 is 0 Å². The fourth-order valence-corrected chi connectivity index (χ4v) is 5.25. The number of benzene rings is 1. The molecule has 1 saturated heterocycles. The van der Waals surface area contributed by atoms with Gasteiger partial charge < -0.3 is 15.5 Å². The average molecular weight is 456 g/mol. The molecule has 0 spiro atoms. The van der Waals surface area contributed by atoms with Gasteiger partial charge in [0.05, 0.1) is 16.1 Å². The summed E-state index contributed by atoms with van der Waals surface area (Å²) in [7, 11) is 1.93. The molecule has 0 bridgehead atoms. The van der Waals surface area contributed by atoms with Crippen molar-refractivity contribution in [3.63, 3.8) is 0 Å². The zero-order valence-electron chi connectivity index (χ0n) is 20.1. The molecule has 32 heavy (non-hydrogen) atoms. The highest BCUT2D eigenvalue weighted by Gasteiger charge is 2.19. The molecule has 7 heteroatoms. The van der Waals surface area contributed by atoms with Crippen molar-refractivity contribution in [1.82, 2.24) is 15.2 Å². The minimum absolute atomic E-state index is 0.585. The third-order valence-corrected chi connectivity index (χ3v) is 6.98. The Labute approximate surface area is 196 Å². The van der Waals surface area contributed by atoms with Gasteiger partial charge in [-0.3, -0.25) is 9.69 Å². The van der Waals surface area contributed by atoms with Crippen molar-refractivity contribution in [2.24, 2.45) is 0 Å². The molecule has 1 fully saturated rings. The number of aldehydes is 1. The largest absolute Gasteiger partial charge is 0.382 e. The lowest BCUT2D eigenvalue weighted by atomic mass is 10.1. The maximum absolute atomic E-state index is 11.7. The van der Waals surface area contributed by atoms with E-state index in [0.717, 1.165) is 89.3 Å². The molecule has 6 nitrogen and oxygen atoms in total. The fourth-order valence-electron chi connectivity index (χ4n) is 4.24. The SMILES string of the molecule is CC.CNCCNc1c(C=O)sc2ccc3nc(N4CCCN(C(C)C)CC4)ccc3c12. The smallest absolute Gasteiger partial charge is 0.162 e. The van der Waals surface area contributed by atoms with Crippen molar-refractivity contribution in [3.8, 4) is 0 Å². The van der Waals surface area contributed by atoms with E-state index in [-0.39, 0.29) is 0 Å². The maximum atomic E-state index is 11.7. The number of carbonyl (C=O) groups is 1. The molecule has 2 N–H and O–H groups in total. The molecule has 174 valence electrons. The molecule has 1 aliphatic heterocycles. The Morgan fingerprint density at radius 2 is 1.91 bits per heavy atom. The van der Waals surface area contributed by atoms with Crippen molar-refractivity contribution in [3.05, 3.63) is 29.1 Å². The highest BCUT2D eigenvalue weighted by Crippen LogP contribution is 2.39.